The number of rotatable bonds is 6. The molecule has 0 aliphatic heterocycles. The molecule has 0 bridgehead atoms. The number of ether oxygens (including phenoxy) is 2. The van der Waals surface area contributed by atoms with Gasteiger partial charge >= 0.3 is 0 Å². The average molecular weight is 344 g/mol. The van der Waals surface area contributed by atoms with Crippen LogP contribution in [0.15, 0.2) is 27.5 Å². The van der Waals surface area contributed by atoms with Crippen LogP contribution in [0.5, 0.6) is 11.5 Å². The summed E-state index contributed by atoms with van der Waals surface area (Å²) in [6.07, 6.45) is 0. The van der Waals surface area contributed by atoms with Gasteiger partial charge in [-0.1, -0.05) is 0 Å². The molecule has 0 atom stereocenters. The number of nitrogens with zero attached hydrogens (tertiary/aromatic N) is 1. The number of aliphatic hydroxyl groups is 1. The Morgan fingerprint density at radius 3 is 2.84 bits per heavy atom. The normalized spacial score (nSPS) is 10.5. The molecular formula is C13H14BrNO3S. The second-order valence-electron chi connectivity index (χ2n) is 3.76. The Hall–Kier alpha value is -1.11. The summed E-state index contributed by atoms with van der Waals surface area (Å²) >= 11 is 4.97. The van der Waals surface area contributed by atoms with Crippen LogP contribution in [0.2, 0.25) is 0 Å². The SMILES string of the molecule is CCOc1cc(CO)cc(Br)c1OCc1cscn1. The van der Waals surface area contributed by atoms with Crippen molar-refractivity contribution in [3.8, 4) is 11.5 Å². The molecule has 4 nitrogen and oxygen atoms in total. The van der Waals surface area contributed by atoms with Crippen molar-refractivity contribution in [2.45, 2.75) is 20.1 Å². The van der Waals surface area contributed by atoms with Crippen molar-refractivity contribution in [3.63, 3.8) is 0 Å². The minimum absolute atomic E-state index is 0.0367. The van der Waals surface area contributed by atoms with E-state index in [1.807, 2.05) is 18.4 Å². The first-order chi connectivity index (χ1) is 9.24. The molecule has 2 aromatic rings. The molecule has 0 unspecified atom stereocenters. The lowest BCUT2D eigenvalue weighted by molar-refractivity contribution is 0.260. The summed E-state index contributed by atoms with van der Waals surface area (Å²) in [5.41, 5.74) is 3.42. The Kier molecular flexibility index (Phi) is 5.18. The topological polar surface area (TPSA) is 51.6 Å². The molecule has 2 rings (SSSR count). The molecule has 1 aromatic carbocycles. The van der Waals surface area contributed by atoms with Crippen molar-refractivity contribution >= 4 is 27.3 Å². The van der Waals surface area contributed by atoms with Gasteiger partial charge in [0.25, 0.3) is 0 Å². The lowest BCUT2D eigenvalue weighted by atomic mass is 10.2. The van der Waals surface area contributed by atoms with Gasteiger partial charge < -0.3 is 14.6 Å². The highest BCUT2D eigenvalue weighted by Gasteiger charge is 2.12. The Morgan fingerprint density at radius 2 is 2.21 bits per heavy atom. The van der Waals surface area contributed by atoms with Gasteiger partial charge in [-0.05, 0) is 40.5 Å². The van der Waals surface area contributed by atoms with E-state index in [-0.39, 0.29) is 6.61 Å². The van der Waals surface area contributed by atoms with Crippen LogP contribution < -0.4 is 9.47 Å². The third-order valence-corrected chi connectivity index (χ3v) is 3.62. The van der Waals surface area contributed by atoms with Crippen molar-refractivity contribution in [3.05, 3.63) is 38.8 Å². The molecule has 0 radical (unpaired) electrons. The standard InChI is InChI=1S/C13H14BrNO3S/c1-2-17-12-4-9(5-16)3-11(14)13(12)18-6-10-7-19-8-15-10/h3-4,7-8,16H,2,5-6H2,1H3. The Balaban J connectivity index is 2.21. The van der Waals surface area contributed by atoms with E-state index in [1.54, 1.807) is 11.6 Å². The zero-order valence-electron chi connectivity index (χ0n) is 10.4. The molecule has 0 fully saturated rings. The predicted octanol–water partition coefficient (Wildman–Crippen LogP) is 3.38. The number of aromatic nitrogens is 1. The second kappa shape index (κ2) is 6.88. The molecule has 0 saturated heterocycles. The maximum absolute atomic E-state index is 9.20. The van der Waals surface area contributed by atoms with Crippen LogP contribution in [0.3, 0.4) is 0 Å². The van der Waals surface area contributed by atoms with Crippen molar-refractivity contribution in [2.75, 3.05) is 6.61 Å². The Labute approximate surface area is 124 Å². The number of aliphatic hydroxyl groups excluding tert-OH is 1. The minimum Gasteiger partial charge on any atom is -0.490 e. The largest absolute Gasteiger partial charge is 0.490 e. The first-order valence-corrected chi connectivity index (χ1v) is 7.54. The maximum Gasteiger partial charge on any atom is 0.175 e. The number of hydrogen-bond acceptors (Lipinski definition) is 5. The molecule has 0 aliphatic rings. The first-order valence-electron chi connectivity index (χ1n) is 5.80. The summed E-state index contributed by atoms with van der Waals surface area (Å²) < 4.78 is 12.1. The van der Waals surface area contributed by atoms with Gasteiger partial charge in [-0.3, -0.25) is 0 Å². The first kappa shape index (κ1) is 14.3. The molecule has 1 heterocycles. The van der Waals surface area contributed by atoms with Crippen molar-refractivity contribution < 1.29 is 14.6 Å². The van der Waals surface area contributed by atoms with Crippen LogP contribution in [0.1, 0.15) is 18.2 Å². The predicted molar refractivity (Wildman–Crippen MR) is 77.7 cm³/mol. The van der Waals surface area contributed by atoms with Crippen LogP contribution in [0, 0.1) is 0 Å². The van der Waals surface area contributed by atoms with Crippen LogP contribution in [0.4, 0.5) is 0 Å². The Bertz CT molecular complexity index is 531. The molecule has 0 amide bonds. The lowest BCUT2D eigenvalue weighted by Crippen LogP contribution is -2.01. The Morgan fingerprint density at radius 1 is 1.37 bits per heavy atom. The summed E-state index contributed by atoms with van der Waals surface area (Å²) in [6.45, 7) is 2.80. The molecule has 1 N–H and O–H groups in total. The van der Waals surface area contributed by atoms with E-state index < -0.39 is 0 Å². The summed E-state index contributed by atoms with van der Waals surface area (Å²) in [5.74, 6) is 1.25. The van der Waals surface area contributed by atoms with Crippen molar-refractivity contribution in [2.24, 2.45) is 0 Å². The van der Waals surface area contributed by atoms with E-state index >= 15 is 0 Å². The molecular weight excluding hydrogens is 330 g/mol. The van der Waals surface area contributed by atoms with E-state index in [0.717, 1.165) is 15.7 Å². The quantitative estimate of drug-likeness (QED) is 0.873. The highest BCUT2D eigenvalue weighted by molar-refractivity contribution is 9.10. The zero-order valence-corrected chi connectivity index (χ0v) is 12.8. The van der Waals surface area contributed by atoms with Crippen LogP contribution >= 0.6 is 27.3 Å². The molecule has 1 aromatic heterocycles. The fourth-order valence-corrected chi connectivity index (χ4v) is 2.72. The van der Waals surface area contributed by atoms with Crippen molar-refractivity contribution in [1.29, 1.82) is 0 Å². The van der Waals surface area contributed by atoms with E-state index in [4.69, 9.17) is 9.47 Å². The molecule has 0 aliphatic carbocycles. The lowest BCUT2D eigenvalue weighted by Gasteiger charge is -2.14. The van der Waals surface area contributed by atoms with E-state index in [9.17, 15) is 5.11 Å². The van der Waals surface area contributed by atoms with Gasteiger partial charge in [0, 0.05) is 5.38 Å². The molecule has 6 heteroatoms. The van der Waals surface area contributed by atoms with Gasteiger partial charge in [-0.25, -0.2) is 4.98 Å². The van der Waals surface area contributed by atoms with Gasteiger partial charge in [-0.2, -0.15) is 0 Å². The second-order valence-corrected chi connectivity index (χ2v) is 5.34. The fraction of sp³-hybridized carbons (Fsp3) is 0.308. The van der Waals surface area contributed by atoms with Gasteiger partial charge in [0.15, 0.2) is 11.5 Å². The highest BCUT2D eigenvalue weighted by Crippen LogP contribution is 2.37. The summed E-state index contributed by atoms with van der Waals surface area (Å²) in [7, 11) is 0. The number of halogens is 1. The molecule has 102 valence electrons. The third-order valence-electron chi connectivity index (χ3n) is 2.40. The number of benzene rings is 1. The smallest absolute Gasteiger partial charge is 0.175 e. The van der Waals surface area contributed by atoms with Crippen LogP contribution in [-0.4, -0.2) is 16.7 Å². The molecule has 0 spiro atoms. The van der Waals surface area contributed by atoms with Gasteiger partial charge in [0.2, 0.25) is 0 Å². The third kappa shape index (κ3) is 3.68. The summed E-state index contributed by atoms with van der Waals surface area (Å²) in [6, 6.07) is 3.60. The minimum atomic E-state index is -0.0367. The highest BCUT2D eigenvalue weighted by atomic mass is 79.9. The van der Waals surface area contributed by atoms with E-state index in [2.05, 4.69) is 20.9 Å². The summed E-state index contributed by atoms with van der Waals surface area (Å²) in [5, 5.41) is 11.1. The number of hydrogen-bond donors (Lipinski definition) is 1. The van der Waals surface area contributed by atoms with Crippen LogP contribution in [0.25, 0.3) is 0 Å². The van der Waals surface area contributed by atoms with Gasteiger partial charge in [0.05, 0.1) is 28.9 Å². The van der Waals surface area contributed by atoms with Crippen molar-refractivity contribution in [1.82, 2.24) is 4.98 Å². The average Bonchev–Trinajstić information content (AvgIpc) is 2.91. The molecule has 0 saturated carbocycles. The number of thiazole rings is 1. The van der Waals surface area contributed by atoms with E-state index in [1.165, 1.54) is 11.3 Å². The zero-order chi connectivity index (χ0) is 13.7. The maximum atomic E-state index is 9.20. The van der Waals surface area contributed by atoms with Gasteiger partial charge in [0.1, 0.15) is 6.61 Å². The summed E-state index contributed by atoms with van der Waals surface area (Å²) in [4.78, 5) is 4.17. The van der Waals surface area contributed by atoms with E-state index in [0.29, 0.717) is 24.7 Å². The monoisotopic (exact) mass is 343 g/mol. The van der Waals surface area contributed by atoms with Gasteiger partial charge in [-0.15, -0.1) is 11.3 Å². The van der Waals surface area contributed by atoms with Crippen LogP contribution in [-0.2, 0) is 13.2 Å². The molecule has 19 heavy (non-hydrogen) atoms. The fourth-order valence-electron chi connectivity index (χ4n) is 1.57.